The van der Waals surface area contributed by atoms with Gasteiger partial charge in [-0.2, -0.15) is 0 Å². The average Bonchev–Trinajstić information content (AvgIpc) is 2.71. The Labute approximate surface area is 162 Å². The van der Waals surface area contributed by atoms with Gasteiger partial charge < -0.3 is 19.5 Å². The fourth-order valence-corrected chi connectivity index (χ4v) is 3.72. The zero-order valence-electron chi connectivity index (χ0n) is 14.9. The van der Waals surface area contributed by atoms with Crippen LogP contribution in [0.25, 0.3) is 0 Å². The second-order valence-electron chi connectivity index (χ2n) is 5.95. The quantitative estimate of drug-likeness (QED) is 0.700. The van der Waals surface area contributed by atoms with Crippen molar-refractivity contribution in [2.75, 3.05) is 30.9 Å². The molecule has 148 valence electrons. The number of hydrogen-bond acceptors (Lipinski definition) is 7. The highest BCUT2D eigenvalue weighted by Gasteiger charge is 2.21. The predicted octanol–water partition coefficient (Wildman–Crippen LogP) is 1.80. The van der Waals surface area contributed by atoms with Crippen LogP contribution in [0.3, 0.4) is 0 Å². The first kappa shape index (κ1) is 19.7. The van der Waals surface area contributed by atoms with Crippen molar-refractivity contribution in [1.29, 1.82) is 0 Å². The van der Waals surface area contributed by atoms with E-state index in [1.807, 2.05) is 0 Å². The molecule has 28 heavy (non-hydrogen) atoms. The van der Waals surface area contributed by atoms with E-state index < -0.39 is 34.1 Å². The maximum Gasteiger partial charge on any atom is 0.307 e. The van der Waals surface area contributed by atoms with E-state index in [9.17, 15) is 18.0 Å². The highest BCUT2D eigenvalue weighted by Crippen LogP contribution is 2.32. The summed E-state index contributed by atoms with van der Waals surface area (Å²) in [7, 11) is -3.71. The lowest BCUT2D eigenvalue weighted by atomic mass is 10.3. The Morgan fingerprint density at radius 3 is 2.46 bits per heavy atom. The van der Waals surface area contributed by atoms with Crippen molar-refractivity contribution in [2.45, 2.75) is 11.3 Å². The van der Waals surface area contributed by atoms with Crippen LogP contribution < -0.4 is 14.8 Å². The van der Waals surface area contributed by atoms with E-state index >= 15 is 0 Å². The van der Waals surface area contributed by atoms with Crippen molar-refractivity contribution in [3.63, 3.8) is 0 Å². The molecule has 3 rings (SSSR count). The maximum absolute atomic E-state index is 12.4. The molecule has 1 heterocycles. The third kappa shape index (κ3) is 5.23. The summed E-state index contributed by atoms with van der Waals surface area (Å²) in [6.45, 7) is 0.258. The minimum Gasteiger partial charge on any atom is -0.486 e. The molecule has 0 radical (unpaired) electrons. The lowest BCUT2D eigenvalue weighted by Crippen LogP contribution is -2.22. The first-order valence-electron chi connectivity index (χ1n) is 8.57. The number of para-hydroxylation sites is 1. The van der Waals surface area contributed by atoms with E-state index in [1.54, 1.807) is 30.3 Å². The number of hydrogen-bond donors (Lipinski definition) is 1. The fraction of sp³-hybridized carbons (Fsp3) is 0.263. The molecule has 0 aliphatic carbocycles. The molecule has 2 aromatic rings. The van der Waals surface area contributed by atoms with Crippen molar-refractivity contribution in [1.82, 2.24) is 0 Å². The van der Waals surface area contributed by atoms with Gasteiger partial charge >= 0.3 is 5.97 Å². The van der Waals surface area contributed by atoms with Crippen molar-refractivity contribution in [2.24, 2.45) is 0 Å². The second kappa shape index (κ2) is 8.75. The molecule has 0 spiro atoms. The second-order valence-corrected chi connectivity index (χ2v) is 8.06. The van der Waals surface area contributed by atoms with E-state index in [1.165, 1.54) is 18.2 Å². The monoisotopic (exact) mass is 405 g/mol. The molecule has 0 atom stereocenters. The average molecular weight is 405 g/mol. The number of carbonyl (C=O) groups is 2. The van der Waals surface area contributed by atoms with Crippen molar-refractivity contribution in [3.05, 3.63) is 48.5 Å². The Morgan fingerprint density at radius 1 is 1.00 bits per heavy atom. The van der Waals surface area contributed by atoms with Crippen molar-refractivity contribution in [3.8, 4) is 11.5 Å². The van der Waals surface area contributed by atoms with E-state index in [0.29, 0.717) is 30.4 Å². The van der Waals surface area contributed by atoms with Gasteiger partial charge in [-0.1, -0.05) is 18.2 Å². The number of anilines is 1. The zero-order valence-corrected chi connectivity index (χ0v) is 15.7. The highest BCUT2D eigenvalue weighted by atomic mass is 32.2. The molecule has 0 bridgehead atoms. The summed E-state index contributed by atoms with van der Waals surface area (Å²) in [6, 6.07) is 13.0. The van der Waals surface area contributed by atoms with Gasteiger partial charge in [0.1, 0.15) is 13.2 Å². The minimum atomic E-state index is -3.71. The van der Waals surface area contributed by atoms with Crippen LogP contribution in [-0.2, 0) is 24.2 Å². The third-order valence-electron chi connectivity index (χ3n) is 3.87. The van der Waals surface area contributed by atoms with Crippen LogP contribution in [0.1, 0.15) is 6.42 Å². The van der Waals surface area contributed by atoms with Gasteiger partial charge in [-0.05, 0) is 24.3 Å². The van der Waals surface area contributed by atoms with Gasteiger partial charge in [-0.15, -0.1) is 0 Å². The summed E-state index contributed by atoms with van der Waals surface area (Å²) >= 11 is 0. The van der Waals surface area contributed by atoms with Crippen LogP contribution >= 0.6 is 0 Å². The summed E-state index contributed by atoms with van der Waals surface area (Å²) < 4.78 is 40.4. The highest BCUT2D eigenvalue weighted by molar-refractivity contribution is 7.91. The normalized spacial score (nSPS) is 12.9. The molecule has 1 amide bonds. The molecule has 9 heteroatoms. The number of sulfone groups is 1. The topological polar surface area (TPSA) is 108 Å². The Bertz CT molecular complexity index is 958. The summed E-state index contributed by atoms with van der Waals surface area (Å²) in [5.74, 6) is -0.883. The van der Waals surface area contributed by atoms with E-state index in [-0.39, 0.29) is 11.3 Å². The standard InChI is InChI=1S/C19H19NO7S/c21-18(20-14-4-2-1-3-5-14)13-27-19(22)8-11-28(23,24)15-6-7-16-17(12-15)26-10-9-25-16/h1-7,12H,8-11,13H2,(H,20,21). The van der Waals surface area contributed by atoms with Gasteiger partial charge in [0.2, 0.25) is 0 Å². The van der Waals surface area contributed by atoms with Gasteiger partial charge in [0.15, 0.2) is 27.9 Å². The van der Waals surface area contributed by atoms with Crippen LogP contribution in [-0.4, -0.2) is 45.9 Å². The summed E-state index contributed by atoms with van der Waals surface area (Å²) in [5, 5.41) is 2.56. The maximum atomic E-state index is 12.4. The molecule has 1 N–H and O–H groups in total. The van der Waals surface area contributed by atoms with Crippen LogP contribution in [0.5, 0.6) is 11.5 Å². The number of amides is 1. The zero-order chi connectivity index (χ0) is 20.0. The van der Waals surface area contributed by atoms with Crippen molar-refractivity contribution < 1.29 is 32.2 Å². The molecule has 0 saturated heterocycles. The Kier molecular flexibility index (Phi) is 6.15. The van der Waals surface area contributed by atoms with E-state index in [0.717, 1.165) is 0 Å². The lowest BCUT2D eigenvalue weighted by molar-refractivity contribution is -0.146. The molecular weight excluding hydrogens is 386 g/mol. The lowest BCUT2D eigenvalue weighted by Gasteiger charge is -2.18. The number of carbonyl (C=O) groups excluding carboxylic acids is 2. The predicted molar refractivity (Wildman–Crippen MR) is 100 cm³/mol. The Balaban J connectivity index is 1.49. The smallest absolute Gasteiger partial charge is 0.307 e. The minimum absolute atomic E-state index is 0.0337. The largest absolute Gasteiger partial charge is 0.486 e. The number of esters is 1. The molecule has 1 aliphatic heterocycles. The number of rotatable bonds is 7. The van der Waals surface area contributed by atoms with E-state index in [2.05, 4.69) is 5.32 Å². The summed E-state index contributed by atoms with van der Waals surface area (Å²) in [4.78, 5) is 23.6. The summed E-state index contributed by atoms with van der Waals surface area (Å²) in [5.41, 5.74) is 0.574. The Hall–Kier alpha value is -3.07. The van der Waals surface area contributed by atoms with Gasteiger partial charge in [-0.25, -0.2) is 8.42 Å². The molecule has 2 aromatic carbocycles. The molecule has 0 fully saturated rings. The van der Waals surface area contributed by atoms with Gasteiger partial charge in [0.05, 0.1) is 17.1 Å². The Morgan fingerprint density at radius 2 is 1.71 bits per heavy atom. The van der Waals surface area contributed by atoms with Crippen LogP contribution in [0.15, 0.2) is 53.4 Å². The van der Waals surface area contributed by atoms with Crippen LogP contribution in [0.4, 0.5) is 5.69 Å². The number of ether oxygens (including phenoxy) is 3. The number of fused-ring (bicyclic) bond motifs is 1. The SMILES string of the molecule is O=C(COC(=O)CCS(=O)(=O)c1ccc2c(c1)OCCO2)Nc1ccccc1. The fourth-order valence-electron chi connectivity index (χ4n) is 2.49. The molecule has 0 aromatic heterocycles. The molecule has 0 saturated carbocycles. The third-order valence-corrected chi connectivity index (χ3v) is 5.58. The number of benzene rings is 2. The first-order valence-corrected chi connectivity index (χ1v) is 10.2. The summed E-state index contributed by atoms with van der Waals surface area (Å²) in [6.07, 6.45) is -0.366. The van der Waals surface area contributed by atoms with Gasteiger partial charge in [0, 0.05) is 11.8 Å². The molecule has 0 unspecified atom stereocenters. The van der Waals surface area contributed by atoms with Crippen molar-refractivity contribution >= 4 is 27.4 Å². The van der Waals surface area contributed by atoms with Crippen LogP contribution in [0, 0.1) is 0 Å². The molecule has 1 aliphatic rings. The number of nitrogens with one attached hydrogen (secondary N) is 1. The van der Waals surface area contributed by atoms with Gasteiger partial charge in [0.25, 0.3) is 5.91 Å². The van der Waals surface area contributed by atoms with E-state index in [4.69, 9.17) is 14.2 Å². The molecule has 8 nitrogen and oxygen atoms in total. The van der Waals surface area contributed by atoms with Crippen LogP contribution in [0.2, 0.25) is 0 Å². The molecular formula is C19H19NO7S. The first-order chi connectivity index (χ1) is 13.4. The van der Waals surface area contributed by atoms with Gasteiger partial charge in [-0.3, -0.25) is 9.59 Å².